The molecule has 0 fully saturated rings. The molecule has 5 heteroatoms. The molecule has 1 aliphatic carbocycles. The van der Waals surface area contributed by atoms with Crippen LogP contribution in [0.4, 0.5) is 0 Å². The van der Waals surface area contributed by atoms with Crippen LogP contribution < -0.4 is 9.47 Å². The van der Waals surface area contributed by atoms with Gasteiger partial charge in [-0.15, -0.1) is 0 Å². The molecule has 0 unspecified atom stereocenters. The van der Waals surface area contributed by atoms with Crippen LogP contribution in [0, 0.1) is 0 Å². The number of amides is 1. The molecule has 3 aromatic rings. The van der Waals surface area contributed by atoms with Gasteiger partial charge < -0.3 is 18.8 Å². The lowest BCUT2D eigenvalue weighted by Gasteiger charge is -2.19. The summed E-state index contributed by atoms with van der Waals surface area (Å²) >= 11 is 0. The van der Waals surface area contributed by atoms with Crippen molar-refractivity contribution in [3.8, 4) is 11.5 Å². The molecule has 0 N–H and O–H groups in total. The largest absolute Gasteiger partial charge is 0.497 e. The maximum Gasteiger partial charge on any atom is 0.227 e. The molecule has 2 aromatic carbocycles. The second-order valence-corrected chi connectivity index (χ2v) is 7.34. The van der Waals surface area contributed by atoms with Gasteiger partial charge in [0, 0.05) is 36.2 Å². The number of carbonyl (C=O) groups excluding carboxylic acids is 1. The van der Waals surface area contributed by atoms with Gasteiger partial charge in [0.05, 0.1) is 26.9 Å². The number of aryl methyl sites for hydroxylation is 2. The molecule has 0 saturated heterocycles. The number of nitrogens with zero attached hydrogens (tertiary/aromatic N) is 1. The number of hydrogen-bond donors (Lipinski definition) is 0. The van der Waals surface area contributed by atoms with E-state index in [1.54, 1.807) is 25.4 Å². The Hall–Kier alpha value is -2.95. The maximum atomic E-state index is 12.8. The number of furan rings is 1. The molecule has 146 valence electrons. The molecular weight excluding hydrogens is 354 g/mol. The van der Waals surface area contributed by atoms with Crippen molar-refractivity contribution in [3.63, 3.8) is 0 Å². The highest BCUT2D eigenvalue weighted by molar-refractivity contribution is 5.88. The van der Waals surface area contributed by atoms with E-state index >= 15 is 0 Å². The van der Waals surface area contributed by atoms with E-state index < -0.39 is 0 Å². The van der Waals surface area contributed by atoms with E-state index in [-0.39, 0.29) is 5.91 Å². The zero-order valence-corrected chi connectivity index (χ0v) is 16.6. The Kier molecular flexibility index (Phi) is 4.99. The highest BCUT2D eigenvalue weighted by Crippen LogP contribution is 2.31. The highest BCUT2D eigenvalue weighted by Gasteiger charge is 2.19. The SMILES string of the molecule is COc1ccc(CN(C)C(=O)Cc2coc3cc4c(cc23)CCC4)c(OC)c1. The van der Waals surface area contributed by atoms with Gasteiger partial charge in [0.15, 0.2) is 0 Å². The Bertz CT molecular complexity index is 1020. The zero-order valence-electron chi connectivity index (χ0n) is 16.6. The predicted octanol–water partition coefficient (Wildman–Crippen LogP) is 4.14. The molecule has 0 aliphatic heterocycles. The molecule has 1 amide bonds. The minimum Gasteiger partial charge on any atom is -0.497 e. The molecular formula is C23H25NO4. The minimum absolute atomic E-state index is 0.0427. The molecule has 0 bridgehead atoms. The van der Waals surface area contributed by atoms with Crippen LogP contribution in [0.2, 0.25) is 0 Å². The van der Waals surface area contributed by atoms with Crippen LogP contribution in [-0.4, -0.2) is 32.1 Å². The fourth-order valence-electron chi connectivity index (χ4n) is 3.91. The van der Waals surface area contributed by atoms with Gasteiger partial charge in [-0.05, 0) is 54.7 Å². The van der Waals surface area contributed by atoms with Crippen molar-refractivity contribution in [1.29, 1.82) is 0 Å². The third-order valence-electron chi connectivity index (χ3n) is 5.54. The smallest absolute Gasteiger partial charge is 0.227 e. The van der Waals surface area contributed by atoms with E-state index in [2.05, 4.69) is 12.1 Å². The van der Waals surface area contributed by atoms with E-state index in [1.807, 2.05) is 25.2 Å². The van der Waals surface area contributed by atoms with Gasteiger partial charge in [0.25, 0.3) is 0 Å². The normalized spacial score (nSPS) is 12.8. The second kappa shape index (κ2) is 7.58. The van der Waals surface area contributed by atoms with Gasteiger partial charge in [-0.3, -0.25) is 4.79 Å². The summed E-state index contributed by atoms with van der Waals surface area (Å²) in [4.78, 5) is 14.6. The molecule has 4 rings (SSSR count). The third kappa shape index (κ3) is 3.44. The number of ether oxygens (including phenoxy) is 2. The van der Waals surface area contributed by atoms with E-state index in [9.17, 15) is 4.79 Å². The Labute approximate surface area is 164 Å². The van der Waals surface area contributed by atoms with Crippen molar-refractivity contribution in [2.24, 2.45) is 0 Å². The van der Waals surface area contributed by atoms with Gasteiger partial charge in [-0.1, -0.05) is 0 Å². The van der Waals surface area contributed by atoms with Crippen molar-refractivity contribution in [3.05, 3.63) is 58.8 Å². The number of rotatable bonds is 6. The van der Waals surface area contributed by atoms with Gasteiger partial charge in [0.2, 0.25) is 5.91 Å². The molecule has 5 nitrogen and oxygen atoms in total. The summed E-state index contributed by atoms with van der Waals surface area (Å²) < 4.78 is 16.4. The molecule has 0 spiro atoms. The number of benzene rings is 2. The summed E-state index contributed by atoms with van der Waals surface area (Å²) in [6, 6.07) is 9.98. The van der Waals surface area contributed by atoms with Crippen LogP contribution in [-0.2, 0) is 30.6 Å². The average Bonchev–Trinajstić information content (AvgIpc) is 3.32. The van der Waals surface area contributed by atoms with Crippen molar-refractivity contribution in [2.45, 2.75) is 32.2 Å². The topological polar surface area (TPSA) is 51.9 Å². The maximum absolute atomic E-state index is 12.8. The summed E-state index contributed by atoms with van der Waals surface area (Å²) in [6.45, 7) is 0.469. The molecule has 1 aromatic heterocycles. The first-order valence-corrected chi connectivity index (χ1v) is 9.55. The summed E-state index contributed by atoms with van der Waals surface area (Å²) in [5.74, 6) is 1.48. The van der Waals surface area contributed by atoms with Crippen LogP contribution in [0.15, 0.2) is 41.0 Å². The third-order valence-corrected chi connectivity index (χ3v) is 5.54. The van der Waals surface area contributed by atoms with E-state index in [0.29, 0.717) is 18.7 Å². The minimum atomic E-state index is 0.0427. The van der Waals surface area contributed by atoms with Crippen LogP contribution in [0.1, 0.15) is 28.7 Å². The van der Waals surface area contributed by atoms with Crippen LogP contribution in [0.25, 0.3) is 11.0 Å². The molecule has 0 radical (unpaired) electrons. The van der Waals surface area contributed by atoms with Crippen molar-refractivity contribution in [1.82, 2.24) is 4.90 Å². The quantitative estimate of drug-likeness (QED) is 0.646. The summed E-state index contributed by atoms with van der Waals surface area (Å²) in [6.07, 6.45) is 5.47. The first kappa shape index (κ1) is 18.4. The second-order valence-electron chi connectivity index (χ2n) is 7.34. The number of hydrogen-bond acceptors (Lipinski definition) is 4. The van der Waals surface area contributed by atoms with Crippen LogP contribution >= 0.6 is 0 Å². The van der Waals surface area contributed by atoms with Gasteiger partial charge in [-0.2, -0.15) is 0 Å². The van der Waals surface area contributed by atoms with Crippen molar-refractivity contribution < 1.29 is 18.7 Å². The zero-order chi connectivity index (χ0) is 19.7. The molecule has 0 atom stereocenters. The van der Waals surface area contributed by atoms with Crippen LogP contribution in [0.5, 0.6) is 11.5 Å². The lowest BCUT2D eigenvalue weighted by Crippen LogP contribution is -2.27. The van der Waals surface area contributed by atoms with Crippen molar-refractivity contribution >= 4 is 16.9 Å². The van der Waals surface area contributed by atoms with Gasteiger partial charge in [0.1, 0.15) is 17.1 Å². The average molecular weight is 379 g/mol. The standard InChI is InChI=1S/C23H25NO4/c1-24(13-17-7-8-19(26-2)12-21(17)27-3)23(25)11-18-14-28-22-10-16-6-4-5-15(16)9-20(18)22/h7-10,12,14H,4-6,11,13H2,1-3H3. The fraction of sp³-hybridized carbons (Fsp3) is 0.348. The monoisotopic (exact) mass is 379 g/mol. The Balaban J connectivity index is 1.50. The number of likely N-dealkylation sites (N-methyl/N-ethyl adjacent to an activating group) is 1. The van der Waals surface area contributed by atoms with Crippen molar-refractivity contribution in [2.75, 3.05) is 21.3 Å². The summed E-state index contributed by atoms with van der Waals surface area (Å²) in [5.41, 5.74) is 5.53. The molecule has 0 saturated carbocycles. The number of methoxy groups -OCH3 is 2. The lowest BCUT2D eigenvalue weighted by molar-refractivity contribution is -0.129. The predicted molar refractivity (Wildman–Crippen MR) is 108 cm³/mol. The Morgan fingerprint density at radius 1 is 1.07 bits per heavy atom. The van der Waals surface area contributed by atoms with Gasteiger partial charge in [-0.25, -0.2) is 0 Å². The molecule has 28 heavy (non-hydrogen) atoms. The van der Waals surface area contributed by atoms with E-state index in [4.69, 9.17) is 13.9 Å². The molecule has 1 aliphatic rings. The van der Waals surface area contributed by atoms with E-state index in [0.717, 1.165) is 40.7 Å². The molecule has 1 heterocycles. The Morgan fingerprint density at radius 3 is 2.61 bits per heavy atom. The summed E-state index contributed by atoms with van der Waals surface area (Å²) in [7, 11) is 5.05. The highest BCUT2D eigenvalue weighted by atomic mass is 16.5. The van der Waals surface area contributed by atoms with Gasteiger partial charge >= 0.3 is 0 Å². The van der Waals surface area contributed by atoms with E-state index in [1.165, 1.54) is 17.5 Å². The first-order chi connectivity index (χ1) is 13.6. The Morgan fingerprint density at radius 2 is 1.86 bits per heavy atom. The number of fused-ring (bicyclic) bond motifs is 2. The van der Waals surface area contributed by atoms with Crippen LogP contribution in [0.3, 0.4) is 0 Å². The fourth-order valence-corrected chi connectivity index (χ4v) is 3.91. The summed E-state index contributed by atoms with van der Waals surface area (Å²) in [5, 5.41) is 1.06. The number of carbonyl (C=O) groups is 1. The first-order valence-electron chi connectivity index (χ1n) is 9.55. The lowest BCUT2D eigenvalue weighted by atomic mass is 10.0.